The number of aromatic nitrogens is 3. The quantitative estimate of drug-likeness (QED) is 0.435. The number of ether oxygens (including phenoxy) is 1. The van der Waals surface area contributed by atoms with E-state index in [2.05, 4.69) is 20.2 Å². The average Bonchev–Trinajstić information content (AvgIpc) is 3.30. The predicted octanol–water partition coefficient (Wildman–Crippen LogP) is 4.87. The molecule has 0 radical (unpaired) electrons. The number of ketones is 1. The average molecular weight is 538 g/mol. The second kappa shape index (κ2) is 11.2. The van der Waals surface area contributed by atoms with Gasteiger partial charge in [0.2, 0.25) is 11.8 Å². The number of anilines is 1. The van der Waals surface area contributed by atoms with Gasteiger partial charge in [0.05, 0.1) is 28.6 Å². The molecule has 5 heterocycles. The van der Waals surface area contributed by atoms with E-state index in [1.165, 1.54) is 12.0 Å². The molecule has 3 aromatic rings. The Kier molecular flexibility index (Phi) is 7.98. The first-order valence-electron chi connectivity index (χ1n) is 13.7. The van der Waals surface area contributed by atoms with Crippen molar-refractivity contribution in [3.8, 4) is 17.1 Å². The monoisotopic (exact) mass is 537 g/mol. The van der Waals surface area contributed by atoms with Crippen molar-refractivity contribution in [1.29, 1.82) is 0 Å². The van der Waals surface area contributed by atoms with Gasteiger partial charge in [0, 0.05) is 48.9 Å². The molecular weight excluding hydrogens is 498 g/mol. The molecule has 204 valence electrons. The van der Waals surface area contributed by atoms with Gasteiger partial charge in [0.25, 0.3) is 0 Å². The summed E-state index contributed by atoms with van der Waals surface area (Å²) in [6, 6.07) is 2.00. The lowest BCUT2D eigenvalue weighted by Crippen LogP contribution is -2.41. The van der Waals surface area contributed by atoms with Crippen molar-refractivity contribution in [2.24, 2.45) is 5.92 Å². The molecule has 1 N–H and O–H groups in total. The summed E-state index contributed by atoms with van der Waals surface area (Å²) in [6.45, 7) is 10.1. The SMILES string of the molecule is COc1ncc(-c2nc(N3CCCCC3)nc3c(CN4CCC(C(C)(C)O)CC4)csc23)cc1CC(C)=O. The van der Waals surface area contributed by atoms with E-state index in [1.54, 1.807) is 31.6 Å². The number of pyridine rings is 1. The van der Waals surface area contributed by atoms with Gasteiger partial charge in [-0.15, -0.1) is 11.3 Å². The number of carbonyl (C=O) groups is 1. The van der Waals surface area contributed by atoms with Crippen LogP contribution in [-0.2, 0) is 17.8 Å². The third-order valence-electron chi connectivity index (χ3n) is 7.93. The molecule has 0 spiro atoms. The lowest BCUT2D eigenvalue weighted by atomic mass is 9.83. The molecule has 0 aromatic carbocycles. The summed E-state index contributed by atoms with van der Waals surface area (Å²) in [4.78, 5) is 31.5. The predicted molar refractivity (Wildman–Crippen MR) is 152 cm³/mol. The third-order valence-corrected chi connectivity index (χ3v) is 8.95. The molecule has 0 unspecified atom stereocenters. The zero-order valence-electron chi connectivity index (χ0n) is 23.0. The topological polar surface area (TPSA) is 91.7 Å². The van der Waals surface area contributed by atoms with Crippen molar-refractivity contribution in [1.82, 2.24) is 19.9 Å². The van der Waals surface area contributed by atoms with Crippen LogP contribution in [0.2, 0.25) is 0 Å². The minimum absolute atomic E-state index is 0.0656. The van der Waals surface area contributed by atoms with E-state index in [9.17, 15) is 9.90 Å². The van der Waals surface area contributed by atoms with Gasteiger partial charge in [0.1, 0.15) is 5.78 Å². The Hall–Kier alpha value is -2.62. The number of Topliss-reactive ketones (excluding diaryl/α,β-unsaturated/α-hetero) is 1. The van der Waals surface area contributed by atoms with Crippen LogP contribution in [0.4, 0.5) is 5.95 Å². The molecule has 2 saturated heterocycles. The number of rotatable bonds is 8. The van der Waals surface area contributed by atoms with Crippen LogP contribution in [0.1, 0.15) is 64.0 Å². The standard InChI is InChI=1S/C29H39N5O3S/c1-19(35)14-20-15-21(16-30-27(20)37-4)24-26-25(32-28(31-24)34-10-6-5-7-11-34)22(18-38-26)17-33-12-8-23(9-13-33)29(2,3)36/h15-16,18,23,36H,5-14,17H2,1-4H3. The largest absolute Gasteiger partial charge is 0.481 e. The second-order valence-electron chi connectivity index (χ2n) is 11.3. The van der Waals surface area contributed by atoms with Crippen molar-refractivity contribution < 1.29 is 14.6 Å². The van der Waals surface area contributed by atoms with Crippen molar-refractivity contribution in [2.45, 2.75) is 71.4 Å². The van der Waals surface area contributed by atoms with E-state index in [0.29, 0.717) is 11.8 Å². The third kappa shape index (κ3) is 5.84. The lowest BCUT2D eigenvalue weighted by Gasteiger charge is -2.37. The summed E-state index contributed by atoms with van der Waals surface area (Å²) >= 11 is 1.68. The Morgan fingerprint density at radius 2 is 1.87 bits per heavy atom. The molecule has 0 bridgehead atoms. The van der Waals surface area contributed by atoms with Crippen molar-refractivity contribution in [3.63, 3.8) is 0 Å². The molecule has 0 amide bonds. The summed E-state index contributed by atoms with van der Waals surface area (Å²) in [6.07, 6.45) is 7.61. The van der Waals surface area contributed by atoms with Crippen LogP contribution in [0.25, 0.3) is 21.5 Å². The van der Waals surface area contributed by atoms with Crippen LogP contribution in [-0.4, -0.2) is 69.6 Å². The molecule has 8 nitrogen and oxygen atoms in total. The molecule has 2 fully saturated rings. The first kappa shape index (κ1) is 27.0. The van der Waals surface area contributed by atoms with Crippen LogP contribution in [0.15, 0.2) is 17.6 Å². The van der Waals surface area contributed by atoms with Gasteiger partial charge in [-0.2, -0.15) is 0 Å². The molecular formula is C29H39N5O3S. The molecule has 38 heavy (non-hydrogen) atoms. The Morgan fingerprint density at radius 3 is 2.53 bits per heavy atom. The summed E-state index contributed by atoms with van der Waals surface area (Å²) in [5.74, 6) is 1.66. The fraction of sp³-hybridized carbons (Fsp3) is 0.586. The highest BCUT2D eigenvalue weighted by molar-refractivity contribution is 7.17. The van der Waals surface area contributed by atoms with E-state index < -0.39 is 5.60 Å². The number of fused-ring (bicyclic) bond motifs is 1. The Morgan fingerprint density at radius 1 is 1.13 bits per heavy atom. The highest BCUT2D eigenvalue weighted by Crippen LogP contribution is 2.37. The number of aliphatic hydroxyl groups is 1. The Labute approximate surface area is 229 Å². The van der Waals surface area contributed by atoms with E-state index in [0.717, 1.165) is 91.4 Å². The summed E-state index contributed by atoms with van der Waals surface area (Å²) in [5, 5.41) is 12.7. The first-order valence-corrected chi connectivity index (χ1v) is 14.6. The maximum absolute atomic E-state index is 11.9. The number of piperidine rings is 2. The number of methoxy groups -OCH3 is 1. The molecule has 0 atom stereocenters. The number of nitrogens with zero attached hydrogens (tertiary/aromatic N) is 5. The molecule has 2 aliphatic rings. The summed E-state index contributed by atoms with van der Waals surface area (Å²) in [7, 11) is 1.58. The summed E-state index contributed by atoms with van der Waals surface area (Å²) in [5.41, 5.74) is 4.13. The van der Waals surface area contributed by atoms with Crippen LogP contribution >= 0.6 is 11.3 Å². The van der Waals surface area contributed by atoms with Gasteiger partial charge in [-0.25, -0.2) is 15.0 Å². The van der Waals surface area contributed by atoms with Gasteiger partial charge in [-0.3, -0.25) is 9.69 Å². The molecule has 3 aromatic heterocycles. The van der Waals surface area contributed by atoms with Gasteiger partial charge in [-0.1, -0.05) is 0 Å². The minimum Gasteiger partial charge on any atom is -0.481 e. The number of thiophene rings is 1. The van der Waals surface area contributed by atoms with Crippen LogP contribution in [0.3, 0.4) is 0 Å². The maximum Gasteiger partial charge on any atom is 0.226 e. The zero-order valence-corrected chi connectivity index (χ0v) is 23.8. The number of hydrogen-bond acceptors (Lipinski definition) is 9. The second-order valence-corrected chi connectivity index (χ2v) is 12.2. The van der Waals surface area contributed by atoms with Crippen molar-refractivity contribution in [3.05, 3.63) is 28.8 Å². The van der Waals surface area contributed by atoms with Crippen molar-refractivity contribution in [2.75, 3.05) is 38.2 Å². The molecule has 0 saturated carbocycles. The smallest absolute Gasteiger partial charge is 0.226 e. The summed E-state index contributed by atoms with van der Waals surface area (Å²) < 4.78 is 6.49. The van der Waals surface area contributed by atoms with Crippen LogP contribution < -0.4 is 9.64 Å². The van der Waals surface area contributed by atoms with E-state index in [4.69, 9.17) is 14.7 Å². The van der Waals surface area contributed by atoms with E-state index in [1.807, 2.05) is 19.9 Å². The number of likely N-dealkylation sites (tertiary alicyclic amines) is 1. The Balaban J connectivity index is 1.52. The van der Waals surface area contributed by atoms with Crippen LogP contribution in [0, 0.1) is 5.92 Å². The van der Waals surface area contributed by atoms with Gasteiger partial charge >= 0.3 is 0 Å². The zero-order chi connectivity index (χ0) is 26.9. The van der Waals surface area contributed by atoms with Gasteiger partial charge in [0.15, 0.2) is 0 Å². The number of hydrogen-bond donors (Lipinski definition) is 1. The van der Waals surface area contributed by atoms with E-state index in [-0.39, 0.29) is 12.2 Å². The van der Waals surface area contributed by atoms with Gasteiger partial charge in [-0.05, 0) is 83.3 Å². The van der Waals surface area contributed by atoms with E-state index >= 15 is 0 Å². The normalized spacial score (nSPS) is 17.8. The Bertz CT molecular complexity index is 1290. The van der Waals surface area contributed by atoms with Crippen molar-refractivity contribution >= 4 is 33.3 Å². The number of carbonyl (C=O) groups excluding carboxylic acids is 1. The molecule has 2 aliphatic heterocycles. The lowest BCUT2D eigenvalue weighted by molar-refractivity contribution is -0.116. The van der Waals surface area contributed by atoms with Gasteiger partial charge < -0.3 is 14.7 Å². The molecule has 9 heteroatoms. The van der Waals surface area contributed by atoms with Crippen LogP contribution in [0.5, 0.6) is 5.88 Å². The first-order chi connectivity index (χ1) is 18.2. The minimum atomic E-state index is -0.625. The molecule has 0 aliphatic carbocycles. The fourth-order valence-corrected chi connectivity index (χ4v) is 6.75. The highest BCUT2D eigenvalue weighted by Gasteiger charge is 2.31. The fourth-order valence-electron chi connectivity index (χ4n) is 5.74. The molecule has 5 rings (SSSR count). The maximum atomic E-state index is 11.9. The highest BCUT2D eigenvalue weighted by atomic mass is 32.1.